The van der Waals surface area contributed by atoms with Crippen molar-refractivity contribution in [2.45, 2.75) is 26.7 Å². The van der Waals surface area contributed by atoms with Crippen LogP contribution in [-0.2, 0) is 11.2 Å². The molecule has 6 heteroatoms. The molecule has 1 aromatic rings. The van der Waals surface area contributed by atoms with Gasteiger partial charge in [0.25, 0.3) is 0 Å². The highest BCUT2D eigenvalue weighted by molar-refractivity contribution is 14.0. The molecule has 0 saturated carbocycles. The van der Waals surface area contributed by atoms with Crippen LogP contribution in [-0.4, -0.2) is 50.5 Å². The van der Waals surface area contributed by atoms with E-state index >= 15 is 0 Å². The van der Waals surface area contributed by atoms with Crippen molar-refractivity contribution in [3.05, 3.63) is 35.9 Å². The Labute approximate surface area is 163 Å². The lowest BCUT2D eigenvalue weighted by molar-refractivity contribution is -0.127. The van der Waals surface area contributed by atoms with E-state index in [1.807, 2.05) is 6.07 Å². The molecule has 0 aliphatic heterocycles. The summed E-state index contributed by atoms with van der Waals surface area (Å²) in [6.07, 6.45) is 2.05. The quantitative estimate of drug-likeness (QED) is 0.279. The second-order valence-corrected chi connectivity index (χ2v) is 6.24. The third-order valence-electron chi connectivity index (χ3n) is 3.33. The molecule has 24 heavy (non-hydrogen) atoms. The Morgan fingerprint density at radius 2 is 1.83 bits per heavy atom. The molecule has 5 nitrogen and oxygen atoms in total. The molecule has 1 rings (SSSR count). The standard InChI is InChI=1S/C18H30N4O.HI/c1-15(2)13-20-18(21-14-17(23)22(3)4)19-12-8-11-16-9-6-5-7-10-16;/h5-7,9-10,15H,8,11-14H2,1-4H3,(H2,19,20,21);1H. The van der Waals surface area contributed by atoms with E-state index in [1.54, 1.807) is 19.0 Å². The van der Waals surface area contributed by atoms with E-state index in [4.69, 9.17) is 0 Å². The number of aryl methyl sites for hydroxylation is 1. The Kier molecular flexibility index (Phi) is 12.3. The van der Waals surface area contributed by atoms with Crippen LogP contribution in [0.15, 0.2) is 35.3 Å². The Balaban J connectivity index is 0.00000529. The topological polar surface area (TPSA) is 56.7 Å². The van der Waals surface area contributed by atoms with Crippen LogP contribution in [0.3, 0.4) is 0 Å². The fourth-order valence-electron chi connectivity index (χ4n) is 1.91. The highest BCUT2D eigenvalue weighted by Gasteiger charge is 2.05. The highest BCUT2D eigenvalue weighted by Crippen LogP contribution is 2.01. The molecule has 0 spiro atoms. The normalized spacial score (nSPS) is 11.0. The number of carbonyl (C=O) groups excluding carboxylic acids is 1. The molecule has 0 aromatic heterocycles. The van der Waals surface area contributed by atoms with Gasteiger partial charge in [0.05, 0.1) is 0 Å². The average Bonchev–Trinajstić information content (AvgIpc) is 2.53. The monoisotopic (exact) mass is 446 g/mol. The van der Waals surface area contributed by atoms with Gasteiger partial charge in [0.1, 0.15) is 6.54 Å². The van der Waals surface area contributed by atoms with E-state index in [-0.39, 0.29) is 36.4 Å². The summed E-state index contributed by atoms with van der Waals surface area (Å²) < 4.78 is 0. The number of hydrogen-bond acceptors (Lipinski definition) is 2. The summed E-state index contributed by atoms with van der Waals surface area (Å²) >= 11 is 0. The first-order valence-electron chi connectivity index (χ1n) is 8.25. The number of hydrogen-bond donors (Lipinski definition) is 2. The molecule has 0 aliphatic carbocycles. The van der Waals surface area contributed by atoms with Gasteiger partial charge in [0.2, 0.25) is 5.91 Å². The third kappa shape index (κ3) is 10.5. The molecular weight excluding hydrogens is 415 g/mol. The minimum absolute atomic E-state index is 0. The zero-order chi connectivity index (χ0) is 17.1. The summed E-state index contributed by atoms with van der Waals surface area (Å²) in [5, 5.41) is 6.59. The lowest BCUT2D eigenvalue weighted by Gasteiger charge is -2.15. The van der Waals surface area contributed by atoms with Gasteiger partial charge in [-0.15, -0.1) is 24.0 Å². The number of benzene rings is 1. The van der Waals surface area contributed by atoms with Crippen molar-refractivity contribution in [1.82, 2.24) is 15.5 Å². The average molecular weight is 446 g/mol. The molecule has 0 atom stereocenters. The van der Waals surface area contributed by atoms with Gasteiger partial charge in [-0.25, -0.2) is 4.99 Å². The molecule has 0 unspecified atom stereocenters. The van der Waals surface area contributed by atoms with Crippen molar-refractivity contribution < 1.29 is 4.79 Å². The molecule has 0 saturated heterocycles. The van der Waals surface area contributed by atoms with Crippen LogP contribution in [0, 0.1) is 5.92 Å². The Hall–Kier alpha value is -1.31. The van der Waals surface area contributed by atoms with Gasteiger partial charge >= 0.3 is 0 Å². The maximum Gasteiger partial charge on any atom is 0.243 e. The van der Waals surface area contributed by atoms with E-state index in [9.17, 15) is 4.79 Å². The van der Waals surface area contributed by atoms with E-state index in [0.717, 1.165) is 25.9 Å². The summed E-state index contributed by atoms with van der Waals surface area (Å²) in [6, 6.07) is 10.4. The molecule has 0 heterocycles. The molecule has 2 N–H and O–H groups in total. The largest absolute Gasteiger partial charge is 0.356 e. The van der Waals surface area contributed by atoms with E-state index < -0.39 is 0 Å². The number of nitrogens with one attached hydrogen (secondary N) is 2. The van der Waals surface area contributed by atoms with Crippen molar-refractivity contribution in [3.63, 3.8) is 0 Å². The molecule has 0 fully saturated rings. The predicted molar refractivity (Wildman–Crippen MR) is 112 cm³/mol. The van der Waals surface area contributed by atoms with Gasteiger partial charge in [0, 0.05) is 27.2 Å². The summed E-state index contributed by atoms with van der Waals surface area (Å²) in [4.78, 5) is 17.6. The SMILES string of the molecule is CC(C)CNC(=NCC(=O)N(C)C)NCCCc1ccccc1.I. The number of carbonyl (C=O) groups is 1. The predicted octanol–water partition coefficient (Wildman–Crippen LogP) is 2.52. The summed E-state index contributed by atoms with van der Waals surface area (Å²) in [6.45, 7) is 6.12. The summed E-state index contributed by atoms with van der Waals surface area (Å²) in [7, 11) is 3.48. The molecule has 1 amide bonds. The van der Waals surface area contributed by atoms with Crippen molar-refractivity contribution in [2.75, 3.05) is 33.7 Å². The maximum absolute atomic E-state index is 11.7. The van der Waals surface area contributed by atoms with Gasteiger partial charge in [0.15, 0.2) is 5.96 Å². The number of aliphatic imine (C=N–C) groups is 1. The molecule has 0 bridgehead atoms. The van der Waals surface area contributed by atoms with Crippen molar-refractivity contribution >= 4 is 35.8 Å². The molecule has 1 aromatic carbocycles. The van der Waals surface area contributed by atoms with Gasteiger partial charge < -0.3 is 15.5 Å². The second kappa shape index (κ2) is 13.0. The Morgan fingerprint density at radius 1 is 1.17 bits per heavy atom. The Morgan fingerprint density at radius 3 is 2.42 bits per heavy atom. The van der Waals surface area contributed by atoms with Crippen molar-refractivity contribution in [3.8, 4) is 0 Å². The van der Waals surface area contributed by atoms with Crippen LogP contribution in [0.2, 0.25) is 0 Å². The molecule has 0 radical (unpaired) electrons. The fraction of sp³-hybridized carbons (Fsp3) is 0.556. The number of amides is 1. The second-order valence-electron chi connectivity index (χ2n) is 6.24. The molecule has 0 aliphatic rings. The van der Waals surface area contributed by atoms with Crippen LogP contribution in [0.5, 0.6) is 0 Å². The number of rotatable bonds is 8. The smallest absolute Gasteiger partial charge is 0.243 e. The fourth-order valence-corrected chi connectivity index (χ4v) is 1.91. The summed E-state index contributed by atoms with van der Waals surface area (Å²) in [5.74, 6) is 1.23. The lowest BCUT2D eigenvalue weighted by Crippen LogP contribution is -2.40. The number of likely N-dealkylation sites (N-methyl/N-ethyl adjacent to an activating group) is 1. The Bertz CT molecular complexity index is 489. The van der Waals surface area contributed by atoms with Crippen LogP contribution in [0.1, 0.15) is 25.8 Å². The zero-order valence-corrected chi connectivity index (χ0v) is 17.5. The van der Waals surface area contributed by atoms with E-state index in [0.29, 0.717) is 11.9 Å². The van der Waals surface area contributed by atoms with Crippen LogP contribution in [0.25, 0.3) is 0 Å². The van der Waals surface area contributed by atoms with Crippen molar-refractivity contribution in [1.29, 1.82) is 0 Å². The zero-order valence-electron chi connectivity index (χ0n) is 15.2. The third-order valence-corrected chi connectivity index (χ3v) is 3.33. The minimum atomic E-state index is -0.0000625. The van der Waals surface area contributed by atoms with E-state index in [1.165, 1.54) is 5.56 Å². The minimum Gasteiger partial charge on any atom is -0.356 e. The first-order valence-corrected chi connectivity index (χ1v) is 8.25. The van der Waals surface area contributed by atoms with E-state index in [2.05, 4.69) is 53.7 Å². The van der Waals surface area contributed by atoms with Crippen LogP contribution < -0.4 is 10.6 Å². The molecule has 136 valence electrons. The van der Waals surface area contributed by atoms with Gasteiger partial charge in [-0.05, 0) is 24.3 Å². The van der Waals surface area contributed by atoms with Crippen LogP contribution in [0.4, 0.5) is 0 Å². The van der Waals surface area contributed by atoms with Gasteiger partial charge in [-0.3, -0.25) is 4.79 Å². The van der Waals surface area contributed by atoms with Crippen molar-refractivity contribution in [2.24, 2.45) is 10.9 Å². The maximum atomic E-state index is 11.7. The number of nitrogens with zero attached hydrogens (tertiary/aromatic N) is 2. The molecular formula is C18H31IN4O. The lowest BCUT2D eigenvalue weighted by atomic mass is 10.1. The first kappa shape index (κ1) is 22.7. The number of halogens is 1. The van der Waals surface area contributed by atoms with Crippen LogP contribution >= 0.6 is 24.0 Å². The highest BCUT2D eigenvalue weighted by atomic mass is 127. The van der Waals surface area contributed by atoms with Gasteiger partial charge in [-0.2, -0.15) is 0 Å². The van der Waals surface area contributed by atoms with Gasteiger partial charge in [-0.1, -0.05) is 44.2 Å². The first-order chi connectivity index (χ1) is 11.0. The summed E-state index contributed by atoms with van der Waals surface area (Å²) in [5.41, 5.74) is 1.34. The number of guanidine groups is 1.